The van der Waals surface area contributed by atoms with Crippen LogP contribution in [-0.4, -0.2) is 47.6 Å². The fourth-order valence-corrected chi connectivity index (χ4v) is 4.41. The standard InChI is InChI=1S/C19H22N2O6/c1-20-16(22)12-6-13(15(19(26)27)7-14(12)18(24)25)17(23)21-8-11-5-9-2-3-10(11)4-9/h6-7,9-11H,2-5,8H2,1H3,(H,20,22)(H,21,23)(H,24,25)(H,26,27). The molecule has 2 aliphatic rings. The van der Waals surface area contributed by atoms with Gasteiger partial charge in [-0.05, 0) is 49.1 Å². The maximum Gasteiger partial charge on any atom is 0.336 e. The summed E-state index contributed by atoms with van der Waals surface area (Å²) in [6, 6.07) is 1.91. The molecule has 0 saturated heterocycles. The van der Waals surface area contributed by atoms with Gasteiger partial charge in [-0.25, -0.2) is 9.59 Å². The van der Waals surface area contributed by atoms with E-state index in [1.807, 2.05) is 0 Å². The van der Waals surface area contributed by atoms with Crippen LogP contribution in [0.5, 0.6) is 0 Å². The van der Waals surface area contributed by atoms with Gasteiger partial charge in [0, 0.05) is 13.6 Å². The maximum atomic E-state index is 12.6. The Morgan fingerprint density at radius 3 is 2.00 bits per heavy atom. The van der Waals surface area contributed by atoms with E-state index in [1.54, 1.807) is 0 Å². The second-order valence-electron chi connectivity index (χ2n) is 7.28. The molecule has 4 N–H and O–H groups in total. The highest BCUT2D eigenvalue weighted by molar-refractivity contribution is 6.11. The van der Waals surface area contributed by atoms with E-state index in [4.69, 9.17) is 0 Å². The first-order chi connectivity index (χ1) is 12.8. The zero-order valence-electron chi connectivity index (χ0n) is 14.9. The van der Waals surface area contributed by atoms with Crippen LogP contribution < -0.4 is 10.6 Å². The minimum absolute atomic E-state index is 0.214. The van der Waals surface area contributed by atoms with Crippen LogP contribution in [0.1, 0.15) is 67.1 Å². The Kier molecular flexibility index (Phi) is 5.16. The molecule has 0 radical (unpaired) electrons. The van der Waals surface area contributed by atoms with Gasteiger partial charge in [-0.2, -0.15) is 0 Å². The number of hydrogen-bond acceptors (Lipinski definition) is 4. The lowest BCUT2D eigenvalue weighted by Gasteiger charge is -2.22. The Morgan fingerprint density at radius 1 is 0.926 bits per heavy atom. The Morgan fingerprint density at radius 2 is 1.52 bits per heavy atom. The second-order valence-corrected chi connectivity index (χ2v) is 7.28. The number of aromatic carboxylic acids is 2. The van der Waals surface area contributed by atoms with Crippen LogP contribution in [0, 0.1) is 17.8 Å². The number of carbonyl (C=O) groups is 4. The number of carboxylic acids is 2. The van der Waals surface area contributed by atoms with Crippen molar-refractivity contribution in [3.63, 3.8) is 0 Å². The molecule has 8 nitrogen and oxygen atoms in total. The van der Waals surface area contributed by atoms with E-state index in [2.05, 4.69) is 10.6 Å². The van der Waals surface area contributed by atoms with Crippen LogP contribution in [-0.2, 0) is 0 Å². The first-order valence-electron chi connectivity index (χ1n) is 8.96. The van der Waals surface area contributed by atoms with E-state index in [9.17, 15) is 29.4 Å². The molecule has 0 heterocycles. The molecule has 0 spiro atoms. The van der Waals surface area contributed by atoms with E-state index < -0.39 is 34.9 Å². The molecular formula is C19H22N2O6. The molecule has 1 aromatic carbocycles. The van der Waals surface area contributed by atoms with Gasteiger partial charge in [-0.1, -0.05) is 6.42 Å². The van der Waals surface area contributed by atoms with Gasteiger partial charge in [-0.3, -0.25) is 9.59 Å². The lowest BCUT2D eigenvalue weighted by Crippen LogP contribution is -2.33. The molecule has 8 heteroatoms. The fourth-order valence-electron chi connectivity index (χ4n) is 4.41. The van der Waals surface area contributed by atoms with Crippen LogP contribution in [0.3, 0.4) is 0 Å². The Hall–Kier alpha value is -2.90. The van der Waals surface area contributed by atoms with Gasteiger partial charge in [0.2, 0.25) is 0 Å². The van der Waals surface area contributed by atoms with Gasteiger partial charge in [0.05, 0.1) is 22.3 Å². The van der Waals surface area contributed by atoms with Crippen molar-refractivity contribution in [1.82, 2.24) is 10.6 Å². The molecule has 2 aliphatic carbocycles. The smallest absolute Gasteiger partial charge is 0.336 e. The number of amides is 2. The maximum absolute atomic E-state index is 12.6. The molecule has 2 saturated carbocycles. The monoisotopic (exact) mass is 374 g/mol. The third-order valence-corrected chi connectivity index (χ3v) is 5.74. The summed E-state index contributed by atoms with van der Waals surface area (Å²) in [7, 11) is 1.33. The van der Waals surface area contributed by atoms with Gasteiger partial charge >= 0.3 is 11.9 Å². The lowest BCUT2D eigenvalue weighted by molar-refractivity contribution is 0.0687. The van der Waals surface area contributed by atoms with Crippen molar-refractivity contribution in [2.45, 2.75) is 25.7 Å². The van der Waals surface area contributed by atoms with E-state index in [-0.39, 0.29) is 11.1 Å². The second kappa shape index (κ2) is 7.38. The molecule has 0 aliphatic heterocycles. The predicted octanol–water partition coefficient (Wildman–Crippen LogP) is 1.61. The summed E-state index contributed by atoms with van der Waals surface area (Å²) in [5.41, 5.74) is -1.36. The summed E-state index contributed by atoms with van der Waals surface area (Å²) in [6.07, 6.45) is 4.66. The third-order valence-electron chi connectivity index (χ3n) is 5.74. The number of hydrogen-bond donors (Lipinski definition) is 4. The lowest BCUT2D eigenvalue weighted by atomic mass is 9.88. The molecule has 3 unspecified atom stereocenters. The molecule has 27 heavy (non-hydrogen) atoms. The number of rotatable bonds is 6. The summed E-state index contributed by atoms with van der Waals surface area (Å²) in [5.74, 6) is -2.47. The summed E-state index contributed by atoms with van der Waals surface area (Å²) in [5, 5.41) is 23.8. The Labute approximate surface area is 155 Å². The number of carbonyl (C=O) groups excluding carboxylic acids is 2. The van der Waals surface area contributed by atoms with Crippen LogP contribution in [0.4, 0.5) is 0 Å². The van der Waals surface area contributed by atoms with Gasteiger partial charge < -0.3 is 20.8 Å². The molecule has 0 aromatic heterocycles. The first kappa shape index (κ1) is 18.9. The highest BCUT2D eigenvalue weighted by atomic mass is 16.4. The van der Waals surface area contributed by atoms with Crippen molar-refractivity contribution in [2.24, 2.45) is 17.8 Å². The van der Waals surface area contributed by atoms with Crippen molar-refractivity contribution in [1.29, 1.82) is 0 Å². The number of carboxylic acid groups (broad SMARTS) is 2. The topological polar surface area (TPSA) is 133 Å². The van der Waals surface area contributed by atoms with Crippen LogP contribution >= 0.6 is 0 Å². The Balaban J connectivity index is 1.87. The largest absolute Gasteiger partial charge is 0.478 e. The van der Waals surface area contributed by atoms with E-state index >= 15 is 0 Å². The molecule has 2 fully saturated rings. The first-order valence-corrected chi connectivity index (χ1v) is 8.96. The van der Waals surface area contributed by atoms with Gasteiger partial charge in [0.1, 0.15) is 0 Å². The number of benzene rings is 1. The normalized spacial score (nSPS) is 23.1. The molecule has 3 rings (SSSR count). The Bertz CT molecular complexity index is 819. The van der Waals surface area contributed by atoms with E-state index in [0.29, 0.717) is 18.4 Å². The summed E-state index contributed by atoms with van der Waals surface area (Å²) >= 11 is 0. The molecular weight excluding hydrogens is 352 g/mol. The van der Waals surface area contributed by atoms with Crippen molar-refractivity contribution >= 4 is 23.8 Å². The van der Waals surface area contributed by atoms with Crippen molar-refractivity contribution in [3.8, 4) is 0 Å². The zero-order chi connectivity index (χ0) is 19.7. The summed E-state index contributed by atoms with van der Waals surface area (Å²) < 4.78 is 0. The van der Waals surface area contributed by atoms with Crippen molar-refractivity contribution in [3.05, 3.63) is 34.4 Å². The van der Waals surface area contributed by atoms with E-state index in [0.717, 1.165) is 24.5 Å². The minimum atomic E-state index is -1.44. The van der Waals surface area contributed by atoms with Gasteiger partial charge in [0.25, 0.3) is 11.8 Å². The van der Waals surface area contributed by atoms with Crippen LogP contribution in [0.2, 0.25) is 0 Å². The molecule has 1 aromatic rings. The molecule has 2 bridgehead atoms. The SMILES string of the molecule is CNC(=O)c1cc(C(=O)NCC2CC3CCC2C3)c(C(=O)O)cc1C(=O)O. The average Bonchev–Trinajstić information content (AvgIpc) is 3.27. The summed E-state index contributed by atoms with van der Waals surface area (Å²) in [4.78, 5) is 47.6. The highest BCUT2D eigenvalue weighted by Gasteiger charge is 2.39. The zero-order valence-corrected chi connectivity index (χ0v) is 14.9. The predicted molar refractivity (Wildman–Crippen MR) is 95.0 cm³/mol. The number of fused-ring (bicyclic) bond motifs is 2. The number of nitrogens with one attached hydrogen (secondary N) is 2. The van der Waals surface area contributed by atoms with E-state index in [1.165, 1.54) is 26.3 Å². The van der Waals surface area contributed by atoms with Crippen LogP contribution in [0.15, 0.2) is 12.1 Å². The fraction of sp³-hybridized carbons (Fsp3) is 0.474. The minimum Gasteiger partial charge on any atom is -0.478 e. The highest BCUT2D eigenvalue weighted by Crippen LogP contribution is 2.47. The third kappa shape index (κ3) is 3.65. The van der Waals surface area contributed by atoms with Crippen molar-refractivity contribution in [2.75, 3.05) is 13.6 Å². The molecule has 2 amide bonds. The van der Waals surface area contributed by atoms with Crippen molar-refractivity contribution < 1.29 is 29.4 Å². The molecule has 144 valence electrons. The van der Waals surface area contributed by atoms with Gasteiger partial charge in [0.15, 0.2) is 0 Å². The van der Waals surface area contributed by atoms with Gasteiger partial charge in [-0.15, -0.1) is 0 Å². The summed E-state index contributed by atoms with van der Waals surface area (Å²) in [6.45, 7) is 0.453. The van der Waals surface area contributed by atoms with Crippen LogP contribution in [0.25, 0.3) is 0 Å². The molecule has 3 atom stereocenters. The average molecular weight is 374 g/mol. The quantitative estimate of drug-likeness (QED) is 0.598.